The normalized spacial score (nSPS) is 16.3. The quantitative estimate of drug-likeness (QED) is 0.482. The maximum absolute atomic E-state index is 5.63. The second kappa shape index (κ2) is 6.06. The van der Waals surface area contributed by atoms with E-state index in [-0.39, 0.29) is 17.8 Å². The molecule has 0 atom stereocenters. The summed E-state index contributed by atoms with van der Waals surface area (Å²) in [5.41, 5.74) is 21.0. The number of anilines is 3. The molecule has 2 rings (SSSR count). The van der Waals surface area contributed by atoms with E-state index in [1.165, 1.54) is 32.1 Å². The van der Waals surface area contributed by atoms with Gasteiger partial charge in [0.2, 0.25) is 17.8 Å². The van der Waals surface area contributed by atoms with Gasteiger partial charge in [-0.25, -0.2) is 0 Å². The Morgan fingerprint density at radius 2 is 1.12 bits per heavy atom. The maximum Gasteiger partial charge on any atom is 0.226 e. The highest BCUT2D eigenvalue weighted by Crippen LogP contribution is 2.14. The highest BCUT2D eigenvalue weighted by Gasteiger charge is 2.06. The van der Waals surface area contributed by atoms with Crippen LogP contribution < -0.4 is 22.9 Å². The van der Waals surface area contributed by atoms with Crippen LogP contribution in [0.1, 0.15) is 32.1 Å². The third kappa shape index (κ3) is 4.74. The van der Waals surface area contributed by atoms with Crippen molar-refractivity contribution in [3.8, 4) is 0 Å². The van der Waals surface area contributed by atoms with Crippen LogP contribution in [0, 0.1) is 0 Å². The van der Waals surface area contributed by atoms with Gasteiger partial charge in [0.1, 0.15) is 0 Å². The van der Waals surface area contributed by atoms with Gasteiger partial charge in [-0.3, -0.25) is 0 Å². The molecule has 0 aromatic carbocycles. The van der Waals surface area contributed by atoms with Crippen molar-refractivity contribution in [3.05, 3.63) is 0 Å². The number of hydrogen-bond acceptors (Lipinski definition) is 7. The predicted octanol–water partition coefficient (Wildman–Crippen LogP) is -0.104. The molecule has 1 heterocycles. The fourth-order valence-electron chi connectivity index (χ4n) is 1.56. The number of nitrogen functional groups attached to an aromatic ring is 3. The summed E-state index contributed by atoms with van der Waals surface area (Å²) in [5.74, 6) is 0.125. The minimum Gasteiger partial charge on any atom is -0.368 e. The predicted molar refractivity (Wildman–Crippen MR) is 64.1 cm³/mol. The molecule has 7 heteroatoms. The van der Waals surface area contributed by atoms with E-state index in [9.17, 15) is 0 Å². The standard InChI is InChI=1S/C6H13N.C3H6N6/c7-6-4-2-1-3-5-6;4-1-7-2(5)9-3(6)8-1/h6H,1-5,7H2;(H6,4,5,6,7,8,9). The lowest BCUT2D eigenvalue weighted by Gasteiger charge is -2.15. The zero-order chi connectivity index (χ0) is 12.0. The minimum absolute atomic E-state index is 0.0417. The van der Waals surface area contributed by atoms with Crippen molar-refractivity contribution in [1.82, 2.24) is 15.0 Å². The molecule has 0 aliphatic heterocycles. The molecule has 1 fully saturated rings. The fourth-order valence-corrected chi connectivity index (χ4v) is 1.56. The lowest BCUT2D eigenvalue weighted by molar-refractivity contribution is 0.441. The fraction of sp³-hybridized carbons (Fsp3) is 0.667. The molecule has 0 bridgehead atoms. The second-order valence-electron chi connectivity index (χ2n) is 3.81. The summed E-state index contributed by atoms with van der Waals surface area (Å²) >= 11 is 0. The van der Waals surface area contributed by atoms with Crippen molar-refractivity contribution < 1.29 is 0 Å². The van der Waals surface area contributed by atoms with Gasteiger partial charge in [0.05, 0.1) is 0 Å². The van der Waals surface area contributed by atoms with Gasteiger partial charge in [0.25, 0.3) is 0 Å². The van der Waals surface area contributed by atoms with Crippen LogP contribution in [0.4, 0.5) is 17.8 Å². The first-order valence-corrected chi connectivity index (χ1v) is 5.36. The monoisotopic (exact) mass is 225 g/mol. The van der Waals surface area contributed by atoms with Crippen molar-refractivity contribution in [3.63, 3.8) is 0 Å². The van der Waals surface area contributed by atoms with Crippen LogP contribution in [0.5, 0.6) is 0 Å². The molecule has 8 N–H and O–H groups in total. The highest BCUT2D eigenvalue weighted by atomic mass is 15.2. The molecule has 0 radical (unpaired) electrons. The summed E-state index contributed by atoms with van der Waals surface area (Å²) in [6.07, 6.45) is 6.66. The Balaban J connectivity index is 0.000000165. The summed E-state index contributed by atoms with van der Waals surface area (Å²) in [7, 11) is 0. The lowest BCUT2D eigenvalue weighted by Crippen LogP contribution is -2.22. The first-order valence-electron chi connectivity index (χ1n) is 5.36. The van der Waals surface area contributed by atoms with E-state index in [4.69, 9.17) is 22.9 Å². The summed E-state index contributed by atoms with van der Waals surface area (Å²) < 4.78 is 0. The minimum atomic E-state index is 0.0417. The van der Waals surface area contributed by atoms with Gasteiger partial charge in [-0.15, -0.1) is 0 Å². The van der Waals surface area contributed by atoms with E-state index in [1.807, 2.05) is 0 Å². The van der Waals surface area contributed by atoms with Gasteiger partial charge in [-0.2, -0.15) is 15.0 Å². The SMILES string of the molecule is NC1CCCCC1.Nc1nc(N)nc(N)n1. The van der Waals surface area contributed by atoms with Crippen LogP contribution in [0.3, 0.4) is 0 Å². The summed E-state index contributed by atoms with van der Waals surface area (Å²) in [6.45, 7) is 0. The van der Waals surface area contributed by atoms with Gasteiger partial charge >= 0.3 is 0 Å². The number of rotatable bonds is 0. The summed E-state index contributed by atoms with van der Waals surface area (Å²) in [4.78, 5) is 10.5. The van der Waals surface area contributed by atoms with Crippen LogP contribution >= 0.6 is 0 Å². The smallest absolute Gasteiger partial charge is 0.226 e. The van der Waals surface area contributed by atoms with Crippen molar-refractivity contribution in [2.24, 2.45) is 5.73 Å². The number of hydrogen-bond donors (Lipinski definition) is 4. The average Bonchev–Trinajstić information content (AvgIpc) is 2.17. The number of nitrogens with two attached hydrogens (primary N) is 4. The Morgan fingerprint density at radius 3 is 1.38 bits per heavy atom. The Bertz CT molecular complexity index is 271. The van der Waals surface area contributed by atoms with E-state index < -0.39 is 0 Å². The van der Waals surface area contributed by atoms with Crippen molar-refractivity contribution >= 4 is 17.8 Å². The Kier molecular flexibility index (Phi) is 4.71. The van der Waals surface area contributed by atoms with E-state index in [0.29, 0.717) is 6.04 Å². The van der Waals surface area contributed by atoms with Crippen LogP contribution in [0.25, 0.3) is 0 Å². The van der Waals surface area contributed by atoms with E-state index in [0.717, 1.165) is 0 Å². The van der Waals surface area contributed by atoms with E-state index >= 15 is 0 Å². The molecular formula is C9H19N7. The Hall–Kier alpha value is -1.63. The third-order valence-corrected chi connectivity index (χ3v) is 2.34. The highest BCUT2D eigenvalue weighted by molar-refractivity contribution is 5.33. The molecule has 1 aromatic heterocycles. The summed E-state index contributed by atoms with van der Waals surface area (Å²) in [5, 5.41) is 0. The molecule has 7 nitrogen and oxygen atoms in total. The first kappa shape index (κ1) is 12.4. The van der Waals surface area contributed by atoms with Gasteiger partial charge in [0.15, 0.2) is 0 Å². The van der Waals surface area contributed by atoms with Crippen LogP contribution in [0.2, 0.25) is 0 Å². The zero-order valence-corrected chi connectivity index (χ0v) is 9.26. The van der Waals surface area contributed by atoms with E-state index in [2.05, 4.69) is 15.0 Å². The van der Waals surface area contributed by atoms with Crippen LogP contribution in [-0.4, -0.2) is 21.0 Å². The molecule has 0 amide bonds. The molecular weight excluding hydrogens is 206 g/mol. The topological polar surface area (TPSA) is 143 Å². The lowest BCUT2D eigenvalue weighted by atomic mass is 9.97. The molecule has 1 aliphatic carbocycles. The Labute approximate surface area is 94.6 Å². The molecule has 1 saturated carbocycles. The molecule has 1 aromatic rings. The maximum atomic E-state index is 5.63. The van der Waals surface area contributed by atoms with Gasteiger partial charge in [-0.05, 0) is 12.8 Å². The van der Waals surface area contributed by atoms with Crippen LogP contribution in [-0.2, 0) is 0 Å². The third-order valence-electron chi connectivity index (χ3n) is 2.34. The Morgan fingerprint density at radius 1 is 0.750 bits per heavy atom. The molecule has 0 unspecified atom stereocenters. The summed E-state index contributed by atoms with van der Waals surface area (Å²) in [6, 6.07) is 0.536. The number of aromatic nitrogens is 3. The van der Waals surface area contributed by atoms with Gasteiger partial charge in [0, 0.05) is 6.04 Å². The van der Waals surface area contributed by atoms with Crippen molar-refractivity contribution in [1.29, 1.82) is 0 Å². The van der Waals surface area contributed by atoms with Crippen molar-refractivity contribution in [2.45, 2.75) is 38.1 Å². The average molecular weight is 225 g/mol. The molecule has 90 valence electrons. The van der Waals surface area contributed by atoms with Gasteiger partial charge in [-0.1, -0.05) is 19.3 Å². The number of nitrogens with zero attached hydrogens (tertiary/aromatic N) is 3. The molecule has 0 spiro atoms. The molecule has 16 heavy (non-hydrogen) atoms. The van der Waals surface area contributed by atoms with Crippen molar-refractivity contribution in [2.75, 3.05) is 17.2 Å². The molecule has 1 aliphatic rings. The van der Waals surface area contributed by atoms with Gasteiger partial charge < -0.3 is 22.9 Å². The zero-order valence-electron chi connectivity index (χ0n) is 9.26. The second-order valence-corrected chi connectivity index (χ2v) is 3.81. The largest absolute Gasteiger partial charge is 0.368 e. The first-order chi connectivity index (χ1) is 7.58. The van der Waals surface area contributed by atoms with Crippen LogP contribution in [0.15, 0.2) is 0 Å². The molecule has 0 saturated heterocycles. The van der Waals surface area contributed by atoms with E-state index in [1.54, 1.807) is 0 Å².